The number of aromatic nitrogens is 2. The van der Waals surface area contributed by atoms with Gasteiger partial charge in [0.05, 0.1) is 22.9 Å². The molecule has 0 amide bonds. The topological polar surface area (TPSA) is 51.8 Å². The number of nitrogens with zero attached hydrogens (tertiary/aromatic N) is 2. The van der Waals surface area contributed by atoms with Gasteiger partial charge in [0, 0.05) is 11.6 Å². The second-order valence-electron chi connectivity index (χ2n) is 2.70. The first-order valence-corrected chi connectivity index (χ1v) is 4.28. The number of halogens is 1. The SMILES string of the molecule is NCc1cnc2ccc(Cl)cc2n1. The van der Waals surface area contributed by atoms with Crippen LogP contribution in [-0.2, 0) is 6.54 Å². The van der Waals surface area contributed by atoms with Crippen LogP contribution in [0.3, 0.4) is 0 Å². The molecule has 0 spiro atoms. The Morgan fingerprint density at radius 2 is 2.15 bits per heavy atom. The van der Waals surface area contributed by atoms with Gasteiger partial charge in [-0.05, 0) is 18.2 Å². The highest BCUT2D eigenvalue weighted by Crippen LogP contribution is 2.15. The highest BCUT2D eigenvalue weighted by molar-refractivity contribution is 6.31. The van der Waals surface area contributed by atoms with Gasteiger partial charge in [-0.25, -0.2) is 4.98 Å². The molecule has 66 valence electrons. The van der Waals surface area contributed by atoms with E-state index in [2.05, 4.69) is 9.97 Å². The summed E-state index contributed by atoms with van der Waals surface area (Å²) in [6.45, 7) is 0.398. The van der Waals surface area contributed by atoms with Crippen LogP contribution in [0.2, 0.25) is 5.02 Å². The van der Waals surface area contributed by atoms with E-state index in [1.807, 2.05) is 6.07 Å². The first-order chi connectivity index (χ1) is 6.29. The predicted octanol–water partition coefficient (Wildman–Crippen LogP) is 1.74. The molecule has 1 heterocycles. The lowest BCUT2D eigenvalue weighted by molar-refractivity contribution is 0.987. The van der Waals surface area contributed by atoms with Crippen molar-refractivity contribution in [3.8, 4) is 0 Å². The second kappa shape index (κ2) is 3.28. The number of rotatable bonds is 1. The summed E-state index contributed by atoms with van der Waals surface area (Å²) in [5, 5.41) is 0.663. The summed E-state index contributed by atoms with van der Waals surface area (Å²) in [4.78, 5) is 8.47. The Labute approximate surface area is 80.6 Å². The van der Waals surface area contributed by atoms with E-state index in [0.29, 0.717) is 11.6 Å². The highest BCUT2D eigenvalue weighted by atomic mass is 35.5. The third-order valence-corrected chi connectivity index (χ3v) is 2.00. The molecular formula is C9H8ClN3. The first-order valence-electron chi connectivity index (χ1n) is 3.91. The Bertz CT molecular complexity index is 442. The zero-order chi connectivity index (χ0) is 9.26. The summed E-state index contributed by atoms with van der Waals surface area (Å²) < 4.78 is 0. The maximum absolute atomic E-state index is 5.82. The van der Waals surface area contributed by atoms with Crippen LogP contribution in [0.15, 0.2) is 24.4 Å². The molecule has 0 aliphatic rings. The van der Waals surface area contributed by atoms with E-state index in [1.165, 1.54) is 0 Å². The maximum atomic E-state index is 5.82. The minimum atomic E-state index is 0.398. The van der Waals surface area contributed by atoms with Gasteiger partial charge in [0.1, 0.15) is 0 Å². The average Bonchev–Trinajstić information content (AvgIpc) is 2.16. The van der Waals surface area contributed by atoms with E-state index in [-0.39, 0.29) is 0 Å². The van der Waals surface area contributed by atoms with Crippen LogP contribution in [0.4, 0.5) is 0 Å². The molecular weight excluding hydrogens is 186 g/mol. The Kier molecular flexibility index (Phi) is 2.12. The zero-order valence-corrected chi connectivity index (χ0v) is 7.62. The molecule has 0 aliphatic heterocycles. The molecule has 0 saturated carbocycles. The fourth-order valence-electron chi connectivity index (χ4n) is 1.12. The predicted molar refractivity (Wildman–Crippen MR) is 52.4 cm³/mol. The number of benzene rings is 1. The zero-order valence-electron chi connectivity index (χ0n) is 6.87. The smallest absolute Gasteiger partial charge is 0.0905 e. The van der Waals surface area contributed by atoms with Crippen LogP contribution >= 0.6 is 11.6 Å². The standard InChI is InChI=1S/C9H8ClN3/c10-6-1-2-8-9(3-6)13-7(4-11)5-12-8/h1-3,5H,4,11H2. The molecule has 1 aromatic heterocycles. The van der Waals surface area contributed by atoms with Gasteiger partial charge in [-0.3, -0.25) is 4.98 Å². The van der Waals surface area contributed by atoms with Crippen LogP contribution in [0.5, 0.6) is 0 Å². The summed E-state index contributed by atoms with van der Waals surface area (Å²) in [5.41, 5.74) is 7.84. The van der Waals surface area contributed by atoms with Crippen LogP contribution in [0, 0.1) is 0 Å². The molecule has 0 fully saturated rings. The molecule has 0 bridgehead atoms. The van der Waals surface area contributed by atoms with E-state index < -0.39 is 0 Å². The molecule has 13 heavy (non-hydrogen) atoms. The molecule has 0 unspecified atom stereocenters. The Morgan fingerprint density at radius 1 is 1.31 bits per heavy atom. The van der Waals surface area contributed by atoms with Crippen molar-refractivity contribution in [2.45, 2.75) is 6.54 Å². The van der Waals surface area contributed by atoms with Gasteiger partial charge in [0.25, 0.3) is 0 Å². The number of nitrogens with two attached hydrogens (primary N) is 1. The lowest BCUT2D eigenvalue weighted by atomic mass is 10.3. The monoisotopic (exact) mass is 193 g/mol. The number of hydrogen-bond acceptors (Lipinski definition) is 3. The quantitative estimate of drug-likeness (QED) is 0.751. The average molecular weight is 194 g/mol. The minimum Gasteiger partial charge on any atom is -0.325 e. The molecule has 0 radical (unpaired) electrons. The van der Waals surface area contributed by atoms with E-state index in [4.69, 9.17) is 17.3 Å². The van der Waals surface area contributed by atoms with E-state index in [9.17, 15) is 0 Å². The molecule has 4 heteroatoms. The second-order valence-corrected chi connectivity index (χ2v) is 3.13. The Morgan fingerprint density at radius 3 is 2.92 bits per heavy atom. The lowest BCUT2D eigenvalue weighted by Gasteiger charge is -1.99. The Hall–Kier alpha value is -1.19. The van der Waals surface area contributed by atoms with Gasteiger partial charge >= 0.3 is 0 Å². The van der Waals surface area contributed by atoms with Crippen molar-refractivity contribution in [2.24, 2.45) is 5.73 Å². The van der Waals surface area contributed by atoms with Crippen LogP contribution < -0.4 is 5.73 Å². The maximum Gasteiger partial charge on any atom is 0.0905 e. The fourth-order valence-corrected chi connectivity index (χ4v) is 1.29. The Balaban J connectivity index is 2.68. The third kappa shape index (κ3) is 1.61. The molecule has 2 rings (SSSR count). The van der Waals surface area contributed by atoms with Crippen molar-refractivity contribution in [2.75, 3.05) is 0 Å². The van der Waals surface area contributed by atoms with E-state index in [0.717, 1.165) is 16.7 Å². The summed E-state index contributed by atoms with van der Waals surface area (Å²) in [7, 11) is 0. The van der Waals surface area contributed by atoms with E-state index >= 15 is 0 Å². The summed E-state index contributed by atoms with van der Waals surface area (Å²) >= 11 is 5.82. The van der Waals surface area contributed by atoms with Crippen LogP contribution in [0.25, 0.3) is 11.0 Å². The van der Waals surface area contributed by atoms with E-state index in [1.54, 1.807) is 18.3 Å². The molecule has 2 aromatic rings. The van der Waals surface area contributed by atoms with Gasteiger partial charge in [-0.2, -0.15) is 0 Å². The van der Waals surface area contributed by atoms with Gasteiger partial charge in [-0.15, -0.1) is 0 Å². The van der Waals surface area contributed by atoms with Gasteiger partial charge in [0.2, 0.25) is 0 Å². The molecule has 2 N–H and O–H groups in total. The van der Waals surface area contributed by atoms with Crippen molar-refractivity contribution in [3.63, 3.8) is 0 Å². The minimum absolute atomic E-state index is 0.398. The molecule has 0 aliphatic carbocycles. The molecule has 0 saturated heterocycles. The van der Waals surface area contributed by atoms with Crippen molar-refractivity contribution >= 4 is 22.6 Å². The lowest BCUT2D eigenvalue weighted by Crippen LogP contribution is -2.00. The van der Waals surface area contributed by atoms with Crippen molar-refractivity contribution in [3.05, 3.63) is 35.1 Å². The fraction of sp³-hybridized carbons (Fsp3) is 0.111. The van der Waals surface area contributed by atoms with Crippen molar-refractivity contribution in [1.82, 2.24) is 9.97 Å². The largest absolute Gasteiger partial charge is 0.325 e. The third-order valence-electron chi connectivity index (χ3n) is 1.76. The van der Waals surface area contributed by atoms with Gasteiger partial charge < -0.3 is 5.73 Å². The summed E-state index contributed by atoms with van der Waals surface area (Å²) in [5.74, 6) is 0. The number of fused-ring (bicyclic) bond motifs is 1. The summed E-state index contributed by atoms with van der Waals surface area (Å²) in [6.07, 6.45) is 1.68. The van der Waals surface area contributed by atoms with Crippen molar-refractivity contribution < 1.29 is 0 Å². The molecule has 1 aromatic carbocycles. The normalized spacial score (nSPS) is 10.6. The van der Waals surface area contributed by atoms with Crippen molar-refractivity contribution in [1.29, 1.82) is 0 Å². The number of hydrogen-bond donors (Lipinski definition) is 1. The highest BCUT2D eigenvalue weighted by Gasteiger charge is 1.98. The first kappa shape index (κ1) is 8.41. The molecule has 0 atom stereocenters. The van der Waals surface area contributed by atoms with Gasteiger partial charge in [-0.1, -0.05) is 11.6 Å². The molecule has 3 nitrogen and oxygen atoms in total. The van der Waals surface area contributed by atoms with Crippen LogP contribution in [-0.4, -0.2) is 9.97 Å². The van der Waals surface area contributed by atoms with Gasteiger partial charge in [0.15, 0.2) is 0 Å². The summed E-state index contributed by atoms with van der Waals surface area (Å²) in [6, 6.07) is 5.41. The van der Waals surface area contributed by atoms with Crippen LogP contribution in [0.1, 0.15) is 5.69 Å².